The number of anilines is 2. The van der Waals surface area contributed by atoms with Gasteiger partial charge in [-0.3, -0.25) is 14.4 Å². The van der Waals surface area contributed by atoms with Crippen molar-refractivity contribution in [2.45, 2.75) is 25.7 Å². The van der Waals surface area contributed by atoms with Gasteiger partial charge >= 0.3 is 0 Å². The highest BCUT2D eigenvalue weighted by Gasteiger charge is 2.22. The van der Waals surface area contributed by atoms with Crippen molar-refractivity contribution in [2.75, 3.05) is 30.9 Å². The van der Waals surface area contributed by atoms with Gasteiger partial charge in [0.25, 0.3) is 0 Å². The Labute approximate surface area is 141 Å². The standard InChI is InChI=1S/C17H23N3O4/c1-24-11-16(22)20-14-8-6-13(7-9-14)19-15(21)10-18-17(23)12-4-2-3-5-12/h6-9,12H,2-5,10-11H2,1H3,(H,18,23)(H,19,21)(H,20,22). The molecule has 1 saturated carbocycles. The molecule has 1 aromatic carbocycles. The second kappa shape index (κ2) is 9.02. The molecule has 0 saturated heterocycles. The van der Waals surface area contributed by atoms with Crippen molar-refractivity contribution >= 4 is 29.1 Å². The molecule has 1 aliphatic rings. The van der Waals surface area contributed by atoms with Gasteiger partial charge in [-0.2, -0.15) is 0 Å². The third kappa shape index (κ3) is 5.66. The minimum Gasteiger partial charge on any atom is -0.375 e. The van der Waals surface area contributed by atoms with Crippen molar-refractivity contribution in [3.8, 4) is 0 Å². The Hall–Kier alpha value is -2.41. The molecule has 0 unspecified atom stereocenters. The molecule has 7 heteroatoms. The number of hydrogen-bond donors (Lipinski definition) is 3. The number of rotatable bonds is 7. The third-order valence-corrected chi connectivity index (χ3v) is 3.88. The van der Waals surface area contributed by atoms with Crippen LogP contribution in [0.25, 0.3) is 0 Å². The third-order valence-electron chi connectivity index (χ3n) is 3.88. The van der Waals surface area contributed by atoms with Gasteiger partial charge in [0.05, 0.1) is 6.54 Å². The zero-order chi connectivity index (χ0) is 17.4. The first-order valence-corrected chi connectivity index (χ1v) is 8.05. The molecule has 0 radical (unpaired) electrons. The first kappa shape index (κ1) is 17.9. The Morgan fingerprint density at radius 3 is 2.08 bits per heavy atom. The maximum atomic E-state index is 11.9. The molecular weight excluding hydrogens is 310 g/mol. The van der Waals surface area contributed by atoms with Crippen molar-refractivity contribution in [1.82, 2.24) is 5.32 Å². The first-order valence-electron chi connectivity index (χ1n) is 8.05. The van der Waals surface area contributed by atoms with Crippen molar-refractivity contribution < 1.29 is 19.1 Å². The van der Waals surface area contributed by atoms with Crippen LogP contribution < -0.4 is 16.0 Å². The van der Waals surface area contributed by atoms with E-state index < -0.39 is 0 Å². The minimum atomic E-state index is -0.280. The predicted molar refractivity (Wildman–Crippen MR) is 90.5 cm³/mol. The van der Waals surface area contributed by atoms with Gasteiger partial charge < -0.3 is 20.7 Å². The fourth-order valence-corrected chi connectivity index (χ4v) is 2.67. The number of benzene rings is 1. The molecule has 1 aromatic rings. The van der Waals surface area contributed by atoms with Crippen LogP contribution in [-0.2, 0) is 19.1 Å². The summed E-state index contributed by atoms with van der Waals surface area (Å²) in [6.07, 6.45) is 3.97. The maximum absolute atomic E-state index is 11.9. The minimum absolute atomic E-state index is 0.0147. The molecule has 24 heavy (non-hydrogen) atoms. The monoisotopic (exact) mass is 333 g/mol. The van der Waals surface area contributed by atoms with E-state index in [-0.39, 0.29) is 36.8 Å². The van der Waals surface area contributed by atoms with Crippen LogP contribution in [0, 0.1) is 5.92 Å². The summed E-state index contributed by atoms with van der Waals surface area (Å²) in [7, 11) is 1.45. The quantitative estimate of drug-likeness (QED) is 0.705. The zero-order valence-corrected chi connectivity index (χ0v) is 13.8. The van der Waals surface area contributed by atoms with Crippen LogP contribution in [0.15, 0.2) is 24.3 Å². The van der Waals surface area contributed by atoms with E-state index in [0.717, 1.165) is 25.7 Å². The van der Waals surface area contributed by atoms with Crippen LogP contribution in [0.4, 0.5) is 11.4 Å². The topological polar surface area (TPSA) is 96.5 Å². The van der Waals surface area contributed by atoms with Crippen molar-refractivity contribution in [3.05, 3.63) is 24.3 Å². The molecule has 0 aromatic heterocycles. The fraction of sp³-hybridized carbons (Fsp3) is 0.471. The maximum Gasteiger partial charge on any atom is 0.250 e. The van der Waals surface area contributed by atoms with E-state index >= 15 is 0 Å². The summed E-state index contributed by atoms with van der Waals surface area (Å²) in [5, 5.41) is 8.04. The molecule has 0 atom stereocenters. The lowest BCUT2D eigenvalue weighted by atomic mass is 10.1. The number of carbonyl (C=O) groups is 3. The van der Waals surface area contributed by atoms with Crippen molar-refractivity contribution in [3.63, 3.8) is 0 Å². The Morgan fingerprint density at radius 2 is 1.54 bits per heavy atom. The summed E-state index contributed by atoms with van der Waals surface area (Å²) in [4.78, 5) is 35.1. The summed E-state index contributed by atoms with van der Waals surface area (Å²) in [5.74, 6) is -0.520. The molecule has 1 aliphatic carbocycles. The highest BCUT2D eigenvalue weighted by molar-refractivity contribution is 5.95. The summed E-state index contributed by atoms with van der Waals surface area (Å²) in [5.41, 5.74) is 1.21. The summed E-state index contributed by atoms with van der Waals surface area (Å²) in [6.45, 7) is -0.0547. The van der Waals surface area contributed by atoms with Crippen LogP contribution in [0.1, 0.15) is 25.7 Å². The van der Waals surface area contributed by atoms with E-state index in [1.54, 1.807) is 24.3 Å². The number of carbonyl (C=O) groups excluding carboxylic acids is 3. The van der Waals surface area contributed by atoms with Gasteiger partial charge in [-0.05, 0) is 37.1 Å². The Kier molecular flexibility index (Phi) is 6.74. The number of methoxy groups -OCH3 is 1. The highest BCUT2D eigenvalue weighted by Crippen LogP contribution is 2.24. The smallest absolute Gasteiger partial charge is 0.250 e. The molecule has 3 amide bonds. The summed E-state index contributed by atoms with van der Waals surface area (Å²) in [6, 6.07) is 6.72. The zero-order valence-electron chi connectivity index (χ0n) is 13.8. The molecule has 0 bridgehead atoms. The average molecular weight is 333 g/mol. The molecule has 7 nitrogen and oxygen atoms in total. The first-order chi connectivity index (χ1) is 11.6. The molecule has 0 spiro atoms. The van der Waals surface area contributed by atoms with Gasteiger partial charge in [-0.1, -0.05) is 12.8 Å². The summed E-state index contributed by atoms with van der Waals surface area (Å²) < 4.78 is 4.73. The molecule has 1 fully saturated rings. The average Bonchev–Trinajstić information content (AvgIpc) is 3.09. The van der Waals surface area contributed by atoms with Crippen LogP contribution in [0.2, 0.25) is 0 Å². The van der Waals surface area contributed by atoms with Crippen LogP contribution in [-0.4, -0.2) is 38.0 Å². The Bertz CT molecular complexity index is 580. The lowest BCUT2D eigenvalue weighted by Gasteiger charge is -2.11. The van der Waals surface area contributed by atoms with Crippen LogP contribution in [0.5, 0.6) is 0 Å². The van der Waals surface area contributed by atoms with Crippen molar-refractivity contribution in [1.29, 1.82) is 0 Å². The van der Waals surface area contributed by atoms with Crippen LogP contribution in [0.3, 0.4) is 0 Å². The van der Waals surface area contributed by atoms with E-state index in [4.69, 9.17) is 4.74 Å². The Balaban J connectivity index is 1.75. The second-order valence-corrected chi connectivity index (χ2v) is 5.81. The van der Waals surface area contributed by atoms with E-state index in [9.17, 15) is 14.4 Å². The normalized spacial score (nSPS) is 14.2. The van der Waals surface area contributed by atoms with E-state index in [0.29, 0.717) is 11.4 Å². The van der Waals surface area contributed by atoms with Crippen molar-refractivity contribution in [2.24, 2.45) is 5.92 Å². The largest absolute Gasteiger partial charge is 0.375 e. The summed E-state index contributed by atoms with van der Waals surface area (Å²) >= 11 is 0. The van der Waals surface area contributed by atoms with E-state index in [1.165, 1.54) is 7.11 Å². The second-order valence-electron chi connectivity index (χ2n) is 5.81. The predicted octanol–water partition coefficient (Wildman–Crippen LogP) is 1.52. The molecule has 2 rings (SSSR count). The Morgan fingerprint density at radius 1 is 1.00 bits per heavy atom. The van der Waals surface area contributed by atoms with Gasteiger partial charge in [0.15, 0.2) is 0 Å². The molecular formula is C17H23N3O4. The SMILES string of the molecule is COCC(=O)Nc1ccc(NC(=O)CNC(=O)C2CCCC2)cc1. The lowest BCUT2D eigenvalue weighted by Crippen LogP contribution is -2.36. The fourth-order valence-electron chi connectivity index (χ4n) is 2.67. The number of hydrogen-bond acceptors (Lipinski definition) is 4. The van der Waals surface area contributed by atoms with E-state index in [2.05, 4.69) is 16.0 Å². The molecule has 0 heterocycles. The van der Waals surface area contributed by atoms with Gasteiger partial charge in [0.1, 0.15) is 6.61 Å². The van der Waals surface area contributed by atoms with Gasteiger partial charge in [-0.25, -0.2) is 0 Å². The van der Waals surface area contributed by atoms with Gasteiger partial charge in [0, 0.05) is 24.4 Å². The number of amides is 3. The number of ether oxygens (including phenoxy) is 1. The highest BCUT2D eigenvalue weighted by atomic mass is 16.5. The van der Waals surface area contributed by atoms with E-state index in [1.807, 2.05) is 0 Å². The van der Waals surface area contributed by atoms with Gasteiger partial charge in [0.2, 0.25) is 17.7 Å². The number of nitrogens with one attached hydrogen (secondary N) is 3. The molecule has 130 valence electrons. The lowest BCUT2D eigenvalue weighted by molar-refractivity contribution is -0.127. The van der Waals surface area contributed by atoms with Crippen LogP contribution >= 0.6 is 0 Å². The van der Waals surface area contributed by atoms with Gasteiger partial charge in [-0.15, -0.1) is 0 Å². The molecule has 3 N–H and O–H groups in total. The molecule has 0 aliphatic heterocycles.